The lowest BCUT2D eigenvalue weighted by Gasteiger charge is -2.07. The van der Waals surface area contributed by atoms with Crippen LogP contribution in [0.15, 0.2) is 83.4 Å². The number of aryl methyl sites for hydroxylation is 3. The monoisotopic (exact) mass is 460 g/mol. The van der Waals surface area contributed by atoms with Crippen LogP contribution in [0.4, 0.5) is 4.39 Å². The number of fused-ring (bicyclic) bond motifs is 4. The van der Waals surface area contributed by atoms with Crippen LogP contribution in [0, 0.1) is 30.9 Å². The number of hydrogen-bond donors (Lipinski definition) is 0. The lowest BCUT2D eigenvalue weighted by atomic mass is 9.95. The predicted octanol–water partition coefficient (Wildman–Crippen LogP) is 7.53. The molecule has 0 aliphatic rings. The molecule has 168 valence electrons. The molecule has 4 heteroatoms. The third kappa shape index (κ3) is 3.20. The third-order valence-corrected chi connectivity index (χ3v) is 6.66. The summed E-state index contributed by atoms with van der Waals surface area (Å²) in [6.45, 7) is -0.713. The number of rotatable bonds is 2. The van der Waals surface area contributed by atoms with Crippen molar-refractivity contribution in [3.8, 4) is 28.5 Å². The van der Waals surface area contributed by atoms with E-state index in [4.69, 9.17) is 8.53 Å². The standard InChI is InChI=1S/C31H22FN2O/c1-18-8-12-25-29-23(16-33)11-13-24(22-10-9-20-6-4-5-7-21(20)15-22)30(29)35-31(25)28(18)27-14-19(2)26(32)17-34(27)3/h4-15,17H,1-3H3/q+1/i2D3. The van der Waals surface area contributed by atoms with E-state index in [1.54, 1.807) is 17.7 Å². The molecule has 0 bridgehead atoms. The van der Waals surface area contributed by atoms with Gasteiger partial charge in [-0.25, -0.2) is 4.39 Å². The normalized spacial score (nSPS) is 13.0. The largest absolute Gasteiger partial charge is 0.454 e. The number of hydrogen-bond acceptors (Lipinski definition) is 2. The van der Waals surface area contributed by atoms with Crippen LogP contribution in [-0.2, 0) is 7.05 Å². The maximum Gasteiger partial charge on any atom is 0.216 e. The number of nitriles is 1. The maximum absolute atomic E-state index is 14.6. The van der Waals surface area contributed by atoms with Crippen LogP contribution >= 0.6 is 0 Å². The highest BCUT2D eigenvalue weighted by atomic mass is 19.1. The lowest BCUT2D eigenvalue weighted by Crippen LogP contribution is -2.31. The summed E-state index contributed by atoms with van der Waals surface area (Å²) in [6.07, 6.45) is 1.18. The molecular weight excluding hydrogens is 435 g/mol. The molecule has 35 heavy (non-hydrogen) atoms. The molecule has 0 aliphatic carbocycles. The van der Waals surface area contributed by atoms with Crippen LogP contribution in [0.1, 0.15) is 20.8 Å². The van der Waals surface area contributed by atoms with Crippen molar-refractivity contribution in [3.63, 3.8) is 0 Å². The molecule has 0 N–H and O–H groups in total. The number of halogens is 1. The van der Waals surface area contributed by atoms with Crippen LogP contribution in [0.25, 0.3) is 55.1 Å². The Balaban J connectivity index is 1.70. The average Bonchev–Trinajstić information content (AvgIpc) is 3.27. The molecule has 6 aromatic rings. The Bertz CT molecular complexity index is 1970. The SMILES string of the molecule is [2H]C([2H])([2H])c1cc(-c2c(C)ccc3c2oc2c(-c4ccc5ccccc5c4)ccc(C#N)c23)[n+](C)cc1F. The number of furan rings is 1. The van der Waals surface area contributed by atoms with Crippen molar-refractivity contribution in [2.45, 2.75) is 13.8 Å². The van der Waals surface area contributed by atoms with Crippen LogP contribution in [0.2, 0.25) is 0 Å². The summed E-state index contributed by atoms with van der Waals surface area (Å²) in [4.78, 5) is 0. The smallest absolute Gasteiger partial charge is 0.216 e. The van der Waals surface area contributed by atoms with Gasteiger partial charge in [-0.05, 0) is 59.4 Å². The van der Waals surface area contributed by atoms with Gasteiger partial charge in [-0.3, -0.25) is 0 Å². The molecule has 0 spiro atoms. The van der Waals surface area contributed by atoms with Crippen molar-refractivity contribution in [1.82, 2.24) is 0 Å². The molecule has 2 heterocycles. The summed E-state index contributed by atoms with van der Waals surface area (Å²) in [5, 5.41) is 13.6. The van der Waals surface area contributed by atoms with Crippen molar-refractivity contribution in [3.05, 3.63) is 102 Å². The predicted molar refractivity (Wildman–Crippen MR) is 137 cm³/mol. The van der Waals surface area contributed by atoms with Crippen LogP contribution in [-0.4, -0.2) is 0 Å². The Kier molecular flexibility index (Phi) is 3.98. The quantitative estimate of drug-likeness (QED) is 0.251. The van der Waals surface area contributed by atoms with E-state index in [1.807, 2.05) is 43.3 Å². The molecule has 6 rings (SSSR count). The van der Waals surface area contributed by atoms with E-state index in [-0.39, 0.29) is 5.56 Å². The van der Waals surface area contributed by atoms with Crippen molar-refractivity contribution in [2.24, 2.45) is 7.05 Å². The van der Waals surface area contributed by atoms with Gasteiger partial charge in [-0.15, -0.1) is 0 Å². The fourth-order valence-electron chi connectivity index (χ4n) is 4.90. The minimum atomic E-state index is -2.61. The zero-order valence-electron chi connectivity index (χ0n) is 22.2. The number of pyridine rings is 1. The summed E-state index contributed by atoms with van der Waals surface area (Å²) < 4.78 is 46.2. The van der Waals surface area contributed by atoms with E-state index in [2.05, 4.69) is 30.3 Å². The second kappa shape index (κ2) is 7.78. The van der Waals surface area contributed by atoms with E-state index >= 15 is 0 Å². The van der Waals surface area contributed by atoms with Crippen molar-refractivity contribution < 1.29 is 17.5 Å². The molecule has 0 saturated carbocycles. The first kappa shape index (κ1) is 17.9. The molecule has 0 amide bonds. The third-order valence-electron chi connectivity index (χ3n) is 6.66. The zero-order valence-corrected chi connectivity index (χ0v) is 19.2. The van der Waals surface area contributed by atoms with E-state index in [9.17, 15) is 9.65 Å². The van der Waals surface area contributed by atoms with Gasteiger partial charge in [-0.2, -0.15) is 9.83 Å². The van der Waals surface area contributed by atoms with Gasteiger partial charge in [0, 0.05) is 26.5 Å². The molecule has 0 fully saturated rings. The van der Waals surface area contributed by atoms with Crippen LogP contribution < -0.4 is 4.57 Å². The number of benzene rings is 4. The van der Waals surface area contributed by atoms with Crippen molar-refractivity contribution in [1.29, 1.82) is 5.26 Å². The topological polar surface area (TPSA) is 40.8 Å². The Labute approximate surface area is 206 Å². The fourth-order valence-corrected chi connectivity index (χ4v) is 4.90. The first-order valence-electron chi connectivity index (χ1n) is 12.8. The minimum absolute atomic E-state index is 0.354. The summed E-state index contributed by atoms with van der Waals surface area (Å²) in [5.41, 5.74) is 5.00. The van der Waals surface area contributed by atoms with Crippen LogP contribution in [0.5, 0.6) is 0 Å². The summed E-state index contributed by atoms with van der Waals surface area (Å²) >= 11 is 0. The van der Waals surface area contributed by atoms with Crippen molar-refractivity contribution >= 4 is 32.7 Å². The summed E-state index contributed by atoms with van der Waals surface area (Å²) in [5.74, 6) is -0.795. The second-order valence-electron chi connectivity index (χ2n) is 8.81. The van der Waals surface area contributed by atoms with E-state index in [0.717, 1.165) is 32.8 Å². The van der Waals surface area contributed by atoms with Crippen LogP contribution in [0.3, 0.4) is 0 Å². The Morgan fingerprint density at radius 3 is 2.57 bits per heavy atom. The van der Waals surface area contributed by atoms with Gasteiger partial charge >= 0.3 is 0 Å². The van der Waals surface area contributed by atoms with E-state index in [1.165, 1.54) is 12.3 Å². The molecule has 0 unspecified atom stereocenters. The molecular formula is C31H22FN2O+. The first-order chi connectivity index (χ1) is 18.2. The molecule has 0 aliphatic heterocycles. The lowest BCUT2D eigenvalue weighted by molar-refractivity contribution is -0.662. The Hall–Kier alpha value is -4.49. The molecule has 2 aromatic heterocycles. The van der Waals surface area contributed by atoms with Gasteiger partial charge < -0.3 is 4.42 Å². The van der Waals surface area contributed by atoms with E-state index < -0.39 is 12.7 Å². The Morgan fingerprint density at radius 2 is 1.77 bits per heavy atom. The zero-order chi connectivity index (χ0) is 26.8. The minimum Gasteiger partial charge on any atom is -0.454 e. The molecule has 0 radical (unpaired) electrons. The van der Waals surface area contributed by atoms with Crippen molar-refractivity contribution in [2.75, 3.05) is 0 Å². The Morgan fingerprint density at radius 1 is 0.943 bits per heavy atom. The van der Waals surface area contributed by atoms with Gasteiger partial charge in [0.15, 0.2) is 5.82 Å². The molecule has 0 saturated heterocycles. The van der Waals surface area contributed by atoms with Gasteiger partial charge in [-0.1, -0.05) is 48.5 Å². The van der Waals surface area contributed by atoms with Gasteiger partial charge in [0.1, 0.15) is 18.2 Å². The molecule has 4 aromatic carbocycles. The van der Waals surface area contributed by atoms with E-state index in [0.29, 0.717) is 33.4 Å². The number of aromatic nitrogens is 1. The number of nitrogens with zero attached hydrogens (tertiary/aromatic N) is 2. The molecule has 0 atom stereocenters. The van der Waals surface area contributed by atoms with Gasteiger partial charge in [0.25, 0.3) is 0 Å². The van der Waals surface area contributed by atoms with Gasteiger partial charge in [0.05, 0.1) is 17.2 Å². The van der Waals surface area contributed by atoms with Gasteiger partial charge in [0.2, 0.25) is 11.9 Å². The highest BCUT2D eigenvalue weighted by Crippen LogP contribution is 2.42. The highest BCUT2D eigenvalue weighted by Gasteiger charge is 2.24. The fraction of sp³-hybridized carbons (Fsp3) is 0.0968. The summed E-state index contributed by atoms with van der Waals surface area (Å²) in [6, 6.07) is 25.5. The summed E-state index contributed by atoms with van der Waals surface area (Å²) in [7, 11) is 1.67. The highest BCUT2D eigenvalue weighted by molar-refractivity contribution is 6.15. The first-order valence-corrected chi connectivity index (χ1v) is 11.3. The average molecular weight is 461 g/mol. The molecule has 3 nitrogen and oxygen atoms in total. The second-order valence-corrected chi connectivity index (χ2v) is 8.81. The maximum atomic E-state index is 14.6.